The number of para-hydroxylation sites is 1. The van der Waals surface area contributed by atoms with Crippen molar-refractivity contribution in [3.8, 4) is 0 Å². The molecule has 0 N–H and O–H groups in total. The smallest absolute Gasteiger partial charge is 0.410 e. The van der Waals surface area contributed by atoms with Gasteiger partial charge in [0.25, 0.3) is 0 Å². The summed E-state index contributed by atoms with van der Waals surface area (Å²) in [6.07, 6.45) is -0.316. The number of benzene rings is 1. The maximum Gasteiger partial charge on any atom is 0.410 e. The molecule has 1 aromatic heterocycles. The molecule has 5 heteroatoms. The zero-order chi connectivity index (χ0) is 13.1. The third kappa shape index (κ3) is 2.71. The average Bonchev–Trinajstić information content (AvgIpc) is 2.88. The second-order valence-electron chi connectivity index (χ2n) is 4.40. The van der Waals surface area contributed by atoms with E-state index in [0.29, 0.717) is 32.1 Å². The SMILES string of the molecule is O=C(OCc1cc2ccccc2o1)N1CCOCC1. The minimum absolute atomic E-state index is 0.158. The van der Waals surface area contributed by atoms with Crippen LogP contribution in [0.25, 0.3) is 11.0 Å². The van der Waals surface area contributed by atoms with Crippen LogP contribution in [0.2, 0.25) is 0 Å². The number of morpholine rings is 1. The van der Waals surface area contributed by atoms with Crippen LogP contribution in [0.3, 0.4) is 0 Å². The van der Waals surface area contributed by atoms with Crippen LogP contribution < -0.4 is 0 Å². The Balaban J connectivity index is 1.60. The lowest BCUT2D eigenvalue weighted by atomic mass is 10.2. The van der Waals surface area contributed by atoms with Crippen LogP contribution in [0, 0.1) is 0 Å². The molecule has 2 heterocycles. The molecule has 19 heavy (non-hydrogen) atoms. The van der Waals surface area contributed by atoms with Crippen molar-refractivity contribution in [3.05, 3.63) is 36.1 Å². The highest BCUT2D eigenvalue weighted by atomic mass is 16.6. The number of hydrogen-bond acceptors (Lipinski definition) is 4. The molecule has 1 aliphatic rings. The van der Waals surface area contributed by atoms with Gasteiger partial charge in [-0.25, -0.2) is 4.79 Å². The van der Waals surface area contributed by atoms with Crippen LogP contribution in [0.5, 0.6) is 0 Å². The molecule has 3 rings (SSSR count). The molecule has 1 aromatic carbocycles. The Bertz CT molecular complexity index is 539. The van der Waals surface area contributed by atoms with Crippen LogP contribution in [0.15, 0.2) is 34.7 Å². The topological polar surface area (TPSA) is 51.9 Å². The number of rotatable bonds is 2. The van der Waals surface area contributed by atoms with Crippen molar-refractivity contribution in [1.29, 1.82) is 0 Å². The van der Waals surface area contributed by atoms with Gasteiger partial charge in [0.15, 0.2) is 6.61 Å². The molecule has 0 atom stereocenters. The molecule has 1 amide bonds. The largest absolute Gasteiger partial charge is 0.457 e. The maximum atomic E-state index is 11.8. The normalized spacial score (nSPS) is 15.7. The van der Waals surface area contributed by atoms with Crippen molar-refractivity contribution < 1.29 is 18.7 Å². The van der Waals surface area contributed by atoms with E-state index in [4.69, 9.17) is 13.9 Å². The summed E-state index contributed by atoms with van der Waals surface area (Å²) < 4.78 is 16.0. The Labute approximate surface area is 110 Å². The van der Waals surface area contributed by atoms with Gasteiger partial charge in [0.05, 0.1) is 13.2 Å². The molecule has 2 aromatic rings. The molecule has 0 spiro atoms. The number of amides is 1. The lowest BCUT2D eigenvalue weighted by Gasteiger charge is -2.25. The fraction of sp³-hybridized carbons (Fsp3) is 0.357. The molecule has 1 saturated heterocycles. The molecular formula is C14H15NO4. The first-order valence-electron chi connectivity index (χ1n) is 6.30. The summed E-state index contributed by atoms with van der Waals surface area (Å²) in [5.74, 6) is 0.655. The van der Waals surface area contributed by atoms with Crippen molar-refractivity contribution in [2.24, 2.45) is 0 Å². The van der Waals surface area contributed by atoms with Gasteiger partial charge in [0, 0.05) is 18.5 Å². The van der Waals surface area contributed by atoms with Gasteiger partial charge < -0.3 is 18.8 Å². The van der Waals surface area contributed by atoms with Gasteiger partial charge >= 0.3 is 6.09 Å². The second-order valence-corrected chi connectivity index (χ2v) is 4.40. The van der Waals surface area contributed by atoms with Crippen LogP contribution in [-0.2, 0) is 16.1 Å². The van der Waals surface area contributed by atoms with Crippen molar-refractivity contribution in [2.75, 3.05) is 26.3 Å². The Kier molecular flexibility index (Phi) is 3.37. The van der Waals surface area contributed by atoms with Crippen LogP contribution in [0.1, 0.15) is 5.76 Å². The molecule has 0 radical (unpaired) electrons. The van der Waals surface area contributed by atoms with Gasteiger partial charge in [-0.1, -0.05) is 18.2 Å². The quantitative estimate of drug-likeness (QED) is 0.833. The number of ether oxygens (including phenoxy) is 2. The molecule has 100 valence electrons. The van der Waals surface area contributed by atoms with Crippen molar-refractivity contribution in [1.82, 2.24) is 4.90 Å². The first-order chi connectivity index (χ1) is 9.33. The predicted molar refractivity (Wildman–Crippen MR) is 68.8 cm³/mol. The molecule has 1 fully saturated rings. The van der Waals surface area contributed by atoms with Crippen LogP contribution >= 0.6 is 0 Å². The van der Waals surface area contributed by atoms with E-state index in [9.17, 15) is 4.79 Å². The maximum absolute atomic E-state index is 11.8. The van der Waals surface area contributed by atoms with Gasteiger partial charge in [0.2, 0.25) is 0 Å². The first-order valence-corrected chi connectivity index (χ1v) is 6.30. The van der Waals surface area contributed by atoms with E-state index in [0.717, 1.165) is 11.0 Å². The molecular weight excluding hydrogens is 246 g/mol. The van der Waals surface area contributed by atoms with Gasteiger partial charge in [-0.15, -0.1) is 0 Å². The van der Waals surface area contributed by atoms with Gasteiger partial charge in [-0.2, -0.15) is 0 Å². The van der Waals surface area contributed by atoms with Crippen molar-refractivity contribution >= 4 is 17.1 Å². The highest BCUT2D eigenvalue weighted by molar-refractivity contribution is 5.77. The first kappa shape index (κ1) is 12.0. The zero-order valence-corrected chi connectivity index (χ0v) is 10.5. The van der Waals surface area contributed by atoms with E-state index in [1.165, 1.54) is 0 Å². The minimum atomic E-state index is -0.316. The van der Waals surface area contributed by atoms with Gasteiger partial charge in [-0.05, 0) is 12.1 Å². The monoisotopic (exact) mass is 261 g/mol. The van der Waals surface area contributed by atoms with E-state index in [1.807, 2.05) is 30.3 Å². The van der Waals surface area contributed by atoms with Crippen LogP contribution in [-0.4, -0.2) is 37.3 Å². The highest BCUT2D eigenvalue weighted by Crippen LogP contribution is 2.19. The third-order valence-corrected chi connectivity index (χ3v) is 3.08. The number of carbonyl (C=O) groups is 1. The van der Waals surface area contributed by atoms with Crippen LogP contribution in [0.4, 0.5) is 4.79 Å². The van der Waals surface area contributed by atoms with Crippen molar-refractivity contribution in [2.45, 2.75) is 6.61 Å². The highest BCUT2D eigenvalue weighted by Gasteiger charge is 2.18. The summed E-state index contributed by atoms with van der Waals surface area (Å²) in [6.45, 7) is 2.46. The molecule has 1 aliphatic heterocycles. The summed E-state index contributed by atoms with van der Waals surface area (Å²) in [6, 6.07) is 9.60. The Hall–Kier alpha value is -2.01. The average molecular weight is 261 g/mol. The lowest BCUT2D eigenvalue weighted by molar-refractivity contribution is 0.0233. The molecule has 5 nitrogen and oxygen atoms in total. The minimum Gasteiger partial charge on any atom is -0.457 e. The van der Waals surface area contributed by atoms with E-state index < -0.39 is 0 Å². The predicted octanol–water partition coefficient (Wildman–Crippen LogP) is 2.40. The Morgan fingerprint density at radius 1 is 1.26 bits per heavy atom. The molecule has 0 saturated carbocycles. The van der Waals surface area contributed by atoms with Crippen molar-refractivity contribution in [3.63, 3.8) is 0 Å². The summed E-state index contributed by atoms with van der Waals surface area (Å²) in [4.78, 5) is 13.4. The number of carbonyl (C=O) groups excluding carboxylic acids is 1. The molecule has 0 bridgehead atoms. The second kappa shape index (κ2) is 5.32. The van der Waals surface area contributed by atoms with E-state index in [1.54, 1.807) is 4.90 Å². The number of furan rings is 1. The Morgan fingerprint density at radius 2 is 2.05 bits per heavy atom. The summed E-state index contributed by atoms with van der Waals surface area (Å²) in [7, 11) is 0. The van der Waals surface area contributed by atoms with Gasteiger partial charge in [-0.3, -0.25) is 0 Å². The standard InChI is InChI=1S/C14H15NO4/c16-14(15-5-7-17-8-6-15)18-10-12-9-11-3-1-2-4-13(11)19-12/h1-4,9H,5-8,10H2. The fourth-order valence-electron chi connectivity index (χ4n) is 2.08. The number of hydrogen-bond donors (Lipinski definition) is 0. The summed E-state index contributed by atoms with van der Waals surface area (Å²) in [5.41, 5.74) is 0.805. The fourth-order valence-corrected chi connectivity index (χ4v) is 2.08. The summed E-state index contributed by atoms with van der Waals surface area (Å²) in [5, 5.41) is 1.01. The lowest BCUT2D eigenvalue weighted by Crippen LogP contribution is -2.40. The number of nitrogens with zero attached hydrogens (tertiary/aromatic N) is 1. The zero-order valence-electron chi connectivity index (χ0n) is 10.5. The van der Waals surface area contributed by atoms with E-state index in [-0.39, 0.29) is 12.7 Å². The van der Waals surface area contributed by atoms with E-state index >= 15 is 0 Å². The third-order valence-electron chi connectivity index (χ3n) is 3.08. The Morgan fingerprint density at radius 3 is 2.84 bits per heavy atom. The number of fused-ring (bicyclic) bond motifs is 1. The van der Waals surface area contributed by atoms with E-state index in [2.05, 4.69) is 0 Å². The molecule has 0 unspecified atom stereocenters. The van der Waals surface area contributed by atoms with Gasteiger partial charge in [0.1, 0.15) is 11.3 Å². The summed E-state index contributed by atoms with van der Waals surface area (Å²) >= 11 is 0. The molecule has 0 aliphatic carbocycles.